The molecule has 0 aromatic carbocycles. The predicted molar refractivity (Wildman–Crippen MR) is 147 cm³/mol. The van der Waals surface area contributed by atoms with Gasteiger partial charge in [0.2, 0.25) is 0 Å². The van der Waals surface area contributed by atoms with E-state index in [4.69, 9.17) is 4.74 Å². The first-order chi connectivity index (χ1) is 16.5. The van der Waals surface area contributed by atoms with Crippen LogP contribution in [-0.2, 0) is 4.74 Å². The molecule has 0 saturated heterocycles. The Kier molecular flexibility index (Phi) is 7.66. The van der Waals surface area contributed by atoms with Crippen molar-refractivity contribution in [1.82, 2.24) is 0 Å². The third-order valence-electron chi connectivity index (χ3n) is 11.4. The molecule has 0 spiro atoms. The minimum atomic E-state index is -0.975. The summed E-state index contributed by atoms with van der Waals surface area (Å²) in [6.07, 6.45) is 13.7. The van der Waals surface area contributed by atoms with E-state index in [-0.39, 0.29) is 18.1 Å². The van der Waals surface area contributed by atoms with E-state index in [0.717, 1.165) is 49.9 Å². The van der Waals surface area contributed by atoms with Crippen LogP contribution in [0.3, 0.4) is 0 Å². The van der Waals surface area contributed by atoms with Gasteiger partial charge in [-0.25, -0.2) is 0 Å². The molecular formula is C32H56O4. The Hall–Kier alpha value is -0.420. The number of rotatable bonds is 8. The maximum Gasteiger partial charge on any atom is 0.109 e. The van der Waals surface area contributed by atoms with E-state index in [2.05, 4.69) is 26.8 Å². The van der Waals surface area contributed by atoms with Gasteiger partial charge in [-0.05, 0) is 132 Å². The molecule has 0 bridgehead atoms. The van der Waals surface area contributed by atoms with Crippen LogP contribution in [0.5, 0.6) is 0 Å². The van der Waals surface area contributed by atoms with Crippen molar-refractivity contribution < 1.29 is 20.1 Å². The summed E-state index contributed by atoms with van der Waals surface area (Å²) in [5, 5.41) is 32.1. The monoisotopic (exact) mass is 504 g/mol. The molecule has 4 nitrogen and oxygen atoms in total. The Labute approximate surface area is 221 Å². The highest BCUT2D eigenvalue weighted by Crippen LogP contribution is 2.68. The number of ether oxygens (including phenoxy) is 1. The molecule has 3 saturated carbocycles. The van der Waals surface area contributed by atoms with Crippen molar-refractivity contribution >= 4 is 0 Å². The van der Waals surface area contributed by atoms with Crippen molar-refractivity contribution in [3.63, 3.8) is 0 Å². The summed E-state index contributed by atoms with van der Waals surface area (Å²) in [5.41, 5.74) is -0.744. The second-order valence-electron chi connectivity index (χ2n) is 15.4. The van der Waals surface area contributed by atoms with Gasteiger partial charge in [0, 0.05) is 0 Å². The van der Waals surface area contributed by atoms with E-state index in [1.54, 1.807) is 13.8 Å². The predicted octanol–water partition coefficient (Wildman–Crippen LogP) is 6.66. The van der Waals surface area contributed by atoms with Crippen LogP contribution < -0.4 is 0 Å². The topological polar surface area (TPSA) is 69.9 Å². The van der Waals surface area contributed by atoms with Crippen molar-refractivity contribution in [3.8, 4) is 0 Å². The Morgan fingerprint density at radius 3 is 2.31 bits per heavy atom. The summed E-state index contributed by atoms with van der Waals surface area (Å²) in [6, 6.07) is 0. The Bertz CT molecular complexity index is 817. The molecule has 4 rings (SSSR count). The molecule has 0 heterocycles. The molecule has 0 amide bonds. The molecule has 0 aromatic rings. The zero-order valence-electron chi connectivity index (χ0n) is 24.6. The normalized spacial score (nSPS) is 43.9. The molecular weight excluding hydrogens is 448 g/mol. The number of fused-ring (bicyclic) bond motifs is 5. The van der Waals surface area contributed by atoms with Crippen LogP contribution in [-0.4, -0.2) is 44.8 Å². The lowest BCUT2D eigenvalue weighted by molar-refractivity contribution is -0.154. The molecule has 4 aliphatic rings. The van der Waals surface area contributed by atoms with Crippen LogP contribution in [0.2, 0.25) is 0 Å². The fourth-order valence-corrected chi connectivity index (χ4v) is 9.67. The van der Waals surface area contributed by atoms with Crippen molar-refractivity contribution in [2.24, 2.45) is 40.4 Å². The van der Waals surface area contributed by atoms with E-state index >= 15 is 0 Å². The van der Waals surface area contributed by atoms with Crippen molar-refractivity contribution in [2.75, 3.05) is 6.61 Å². The maximum absolute atomic E-state index is 11.8. The van der Waals surface area contributed by atoms with Crippen molar-refractivity contribution in [3.05, 3.63) is 11.6 Å². The standard InChI is InChI=1S/C32H56O4/c1-21(10-9-17-28(2,3)33)23-12-13-24-22-11-14-26-31(7,25(22)15-18-30(23,24)6)19-16-27(32(26,8)35)36-20-29(4,5)34/h14,21-25,27,33-35H,9-13,15-20H2,1-8H3/t21-,22+,23-,24+,25+,27+,30-,31-,32+/m1/s1. The Morgan fingerprint density at radius 2 is 1.67 bits per heavy atom. The lowest BCUT2D eigenvalue weighted by Crippen LogP contribution is -2.58. The molecule has 0 aliphatic heterocycles. The van der Waals surface area contributed by atoms with Gasteiger partial charge >= 0.3 is 0 Å². The summed E-state index contributed by atoms with van der Waals surface area (Å²) in [4.78, 5) is 0. The first kappa shape index (κ1) is 28.6. The van der Waals surface area contributed by atoms with Gasteiger partial charge in [-0.3, -0.25) is 0 Å². The molecule has 0 radical (unpaired) electrons. The lowest BCUT2D eigenvalue weighted by atomic mass is 9.45. The second-order valence-corrected chi connectivity index (χ2v) is 15.4. The fourth-order valence-electron chi connectivity index (χ4n) is 9.67. The lowest BCUT2D eigenvalue weighted by Gasteiger charge is -2.61. The average Bonchev–Trinajstić information content (AvgIpc) is 3.08. The van der Waals surface area contributed by atoms with Crippen LogP contribution in [0.15, 0.2) is 11.6 Å². The molecule has 0 aromatic heterocycles. The SMILES string of the molecule is C[C@H](CCCC(C)(C)O)[C@H]1CC[C@H]2[C@@H]3CC=C4[C@](C)(O)[C@@H](OCC(C)(C)O)CC[C@]4(C)[C@H]3CC[C@]12C. The minimum absolute atomic E-state index is 0.0404. The Morgan fingerprint density at radius 1 is 0.972 bits per heavy atom. The van der Waals surface area contributed by atoms with Gasteiger partial charge in [-0.2, -0.15) is 0 Å². The smallest absolute Gasteiger partial charge is 0.109 e. The van der Waals surface area contributed by atoms with E-state index in [1.165, 1.54) is 37.7 Å². The third kappa shape index (κ3) is 5.23. The second kappa shape index (κ2) is 9.65. The van der Waals surface area contributed by atoms with Crippen LogP contribution in [0.1, 0.15) is 120 Å². The summed E-state index contributed by atoms with van der Waals surface area (Å²) in [5.74, 6) is 3.64. The largest absolute Gasteiger partial charge is 0.390 e. The van der Waals surface area contributed by atoms with Crippen LogP contribution in [0, 0.1) is 40.4 Å². The number of hydrogen-bond acceptors (Lipinski definition) is 4. The van der Waals surface area contributed by atoms with E-state index < -0.39 is 16.8 Å². The van der Waals surface area contributed by atoms with Gasteiger partial charge in [-0.15, -0.1) is 0 Å². The molecule has 36 heavy (non-hydrogen) atoms. The van der Waals surface area contributed by atoms with Gasteiger partial charge in [-0.1, -0.05) is 39.7 Å². The third-order valence-corrected chi connectivity index (χ3v) is 11.4. The van der Waals surface area contributed by atoms with Crippen LogP contribution >= 0.6 is 0 Å². The van der Waals surface area contributed by atoms with E-state index in [1.807, 2.05) is 20.8 Å². The zero-order valence-corrected chi connectivity index (χ0v) is 24.6. The minimum Gasteiger partial charge on any atom is -0.390 e. The summed E-state index contributed by atoms with van der Waals surface area (Å²) < 4.78 is 6.12. The first-order valence-electron chi connectivity index (χ1n) is 15.0. The summed E-state index contributed by atoms with van der Waals surface area (Å²) in [6.45, 7) is 17.1. The highest BCUT2D eigenvalue weighted by molar-refractivity contribution is 5.33. The van der Waals surface area contributed by atoms with Gasteiger partial charge < -0.3 is 20.1 Å². The average molecular weight is 505 g/mol. The molecule has 3 N–H and O–H groups in total. The van der Waals surface area contributed by atoms with Gasteiger partial charge in [0.05, 0.1) is 23.9 Å². The van der Waals surface area contributed by atoms with Crippen molar-refractivity contribution in [1.29, 1.82) is 0 Å². The van der Waals surface area contributed by atoms with Crippen LogP contribution in [0.25, 0.3) is 0 Å². The maximum atomic E-state index is 11.8. The molecule has 4 aliphatic carbocycles. The number of allylic oxidation sites excluding steroid dienone is 1. The van der Waals surface area contributed by atoms with E-state index in [0.29, 0.717) is 17.3 Å². The molecule has 3 fully saturated rings. The van der Waals surface area contributed by atoms with Gasteiger partial charge in [0.25, 0.3) is 0 Å². The molecule has 4 heteroatoms. The van der Waals surface area contributed by atoms with Crippen LogP contribution in [0.4, 0.5) is 0 Å². The van der Waals surface area contributed by atoms with E-state index in [9.17, 15) is 15.3 Å². The summed E-state index contributed by atoms with van der Waals surface area (Å²) in [7, 11) is 0. The molecule has 0 unspecified atom stereocenters. The highest BCUT2D eigenvalue weighted by Gasteiger charge is 2.62. The molecule has 9 atom stereocenters. The zero-order chi connectivity index (χ0) is 26.7. The Balaban J connectivity index is 1.49. The highest BCUT2D eigenvalue weighted by atomic mass is 16.5. The first-order valence-corrected chi connectivity index (χ1v) is 15.0. The molecule has 208 valence electrons. The van der Waals surface area contributed by atoms with Crippen molar-refractivity contribution in [2.45, 2.75) is 143 Å². The van der Waals surface area contributed by atoms with Gasteiger partial charge in [0.1, 0.15) is 5.60 Å². The summed E-state index contributed by atoms with van der Waals surface area (Å²) >= 11 is 0. The fraction of sp³-hybridized carbons (Fsp3) is 0.938. The van der Waals surface area contributed by atoms with Gasteiger partial charge in [0.15, 0.2) is 0 Å². The number of aliphatic hydroxyl groups is 3. The number of hydrogen-bond donors (Lipinski definition) is 3. The quantitative estimate of drug-likeness (QED) is 0.323.